The first-order chi connectivity index (χ1) is 9.38. The average molecular weight is 286 g/mol. The number of halogens is 3. The molecule has 0 fully saturated rings. The minimum Gasteiger partial charge on any atom is -0.492 e. The molecule has 1 N–H and O–H groups in total. The van der Waals surface area contributed by atoms with E-state index in [2.05, 4.69) is 5.32 Å². The number of nitrogens with zero attached hydrogens (tertiary/aromatic N) is 1. The average Bonchev–Trinajstić information content (AvgIpc) is 2.38. The molecular weight excluding hydrogens is 273 g/mol. The van der Waals surface area contributed by atoms with Gasteiger partial charge in [-0.3, -0.25) is 4.79 Å². The van der Waals surface area contributed by atoms with Gasteiger partial charge in [0.05, 0.1) is 30.2 Å². The Labute approximate surface area is 114 Å². The number of carbonyl (C=O) groups excluding carboxylic acids is 1. The first-order valence-corrected chi connectivity index (χ1v) is 5.89. The van der Waals surface area contributed by atoms with E-state index in [1.807, 2.05) is 0 Å². The number of hydrogen-bond donors (Lipinski definition) is 1. The van der Waals surface area contributed by atoms with E-state index in [0.29, 0.717) is 6.54 Å². The molecule has 108 valence electrons. The number of carbonyl (C=O) groups is 1. The van der Waals surface area contributed by atoms with Gasteiger partial charge in [-0.1, -0.05) is 0 Å². The SMILES string of the molecule is CCNC(=O)CCOc1ccc(C#N)cc1C(F)(F)F. The number of hydrogen-bond acceptors (Lipinski definition) is 3. The van der Waals surface area contributed by atoms with Gasteiger partial charge >= 0.3 is 6.18 Å². The van der Waals surface area contributed by atoms with E-state index in [-0.39, 0.29) is 30.2 Å². The Bertz CT molecular complexity index is 521. The van der Waals surface area contributed by atoms with Crippen LogP contribution < -0.4 is 10.1 Å². The third-order valence-electron chi connectivity index (χ3n) is 2.37. The summed E-state index contributed by atoms with van der Waals surface area (Å²) in [5.74, 6) is -0.685. The second kappa shape index (κ2) is 6.80. The molecule has 0 aliphatic carbocycles. The monoisotopic (exact) mass is 286 g/mol. The Balaban J connectivity index is 2.80. The number of nitriles is 1. The normalized spacial score (nSPS) is 10.8. The highest BCUT2D eigenvalue weighted by atomic mass is 19.4. The van der Waals surface area contributed by atoms with Crippen molar-refractivity contribution in [2.75, 3.05) is 13.2 Å². The summed E-state index contributed by atoms with van der Waals surface area (Å²) in [4.78, 5) is 11.2. The van der Waals surface area contributed by atoms with Gasteiger partial charge in [-0.15, -0.1) is 0 Å². The molecule has 1 aromatic carbocycles. The highest BCUT2D eigenvalue weighted by Gasteiger charge is 2.34. The van der Waals surface area contributed by atoms with Crippen LogP contribution in [0.3, 0.4) is 0 Å². The van der Waals surface area contributed by atoms with Gasteiger partial charge < -0.3 is 10.1 Å². The summed E-state index contributed by atoms with van der Waals surface area (Å²) in [6.07, 6.45) is -4.65. The lowest BCUT2D eigenvalue weighted by Crippen LogP contribution is -2.24. The lowest BCUT2D eigenvalue weighted by atomic mass is 10.1. The van der Waals surface area contributed by atoms with Crippen LogP contribution in [0.4, 0.5) is 13.2 Å². The molecule has 4 nitrogen and oxygen atoms in total. The molecule has 0 radical (unpaired) electrons. The summed E-state index contributed by atoms with van der Waals surface area (Å²) in [5.41, 5.74) is -1.12. The first kappa shape index (κ1) is 15.8. The molecule has 0 heterocycles. The molecular formula is C13H13F3N2O2. The van der Waals surface area contributed by atoms with E-state index in [0.717, 1.165) is 12.1 Å². The smallest absolute Gasteiger partial charge is 0.420 e. The second-order valence-electron chi connectivity index (χ2n) is 3.87. The van der Waals surface area contributed by atoms with Crippen molar-refractivity contribution in [1.82, 2.24) is 5.32 Å². The van der Waals surface area contributed by atoms with E-state index in [1.165, 1.54) is 6.07 Å². The number of ether oxygens (including phenoxy) is 1. The fourth-order valence-corrected chi connectivity index (χ4v) is 1.49. The van der Waals surface area contributed by atoms with Crippen LogP contribution >= 0.6 is 0 Å². The van der Waals surface area contributed by atoms with Crippen LogP contribution in [0, 0.1) is 11.3 Å². The fraction of sp³-hybridized carbons (Fsp3) is 0.385. The van der Waals surface area contributed by atoms with Crippen molar-refractivity contribution in [3.05, 3.63) is 29.3 Å². The third kappa shape index (κ3) is 4.46. The van der Waals surface area contributed by atoms with Crippen molar-refractivity contribution >= 4 is 5.91 Å². The molecule has 0 unspecified atom stereocenters. The maximum atomic E-state index is 12.8. The molecule has 0 bridgehead atoms. The van der Waals surface area contributed by atoms with Crippen LogP contribution in [-0.4, -0.2) is 19.1 Å². The van der Waals surface area contributed by atoms with Gasteiger partial charge in [-0.25, -0.2) is 0 Å². The quantitative estimate of drug-likeness (QED) is 0.904. The zero-order valence-corrected chi connectivity index (χ0v) is 10.8. The van der Waals surface area contributed by atoms with Gasteiger partial charge in [0.25, 0.3) is 0 Å². The van der Waals surface area contributed by atoms with Crippen molar-refractivity contribution < 1.29 is 22.7 Å². The van der Waals surface area contributed by atoms with Crippen molar-refractivity contribution in [2.45, 2.75) is 19.5 Å². The maximum Gasteiger partial charge on any atom is 0.420 e. The van der Waals surface area contributed by atoms with E-state index < -0.39 is 11.7 Å². The second-order valence-corrected chi connectivity index (χ2v) is 3.87. The van der Waals surface area contributed by atoms with Crippen molar-refractivity contribution in [3.8, 4) is 11.8 Å². The summed E-state index contributed by atoms with van der Waals surface area (Å²) in [7, 11) is 0. The number of alkyl halides is 3. The third-order valence-corrected chi connectivity index (χ3v) is 2.37. The Morgan fingerprint density at radius 1 is 1.45 bits per heavy atom. The highest BCUT2D eigenvalue weighted by molar-refractivity contribution is 5.75. The molecule has 7 heteroatoms. The van der Waals surface area contributed by atoms with Crippen LogP contribution in [0.2, 0.25) is 0 Å². The molecule has 1 amide bonds. The summed E-state index contributed by atoms with van der Waals surface area (Å²) in [6.45, 7) is 2.02. The molecule has 0 aliphatic heterocycles. The Hall–Kier alpha value is -2.23. The van der Waals surface area contributed by atoms with E-state index >= 15 is 0 Å². The van der Waals surface area contributed by atoms with Crippen LogP contribution in [-0.2, 0) is 11.0 Å². The first-order valence-electron chi connectivity index (χ1n) is 5.89. The summed E-state index contributed by atoms with van der Waals surface area (Å²) in [5, 5.41) is 11.1. The number of amides is 1. The molecule has 0 saturated heterocycles. The number of rotatable bonds is 5. The van der Waals surface area contributed by atoms with E-state index in [1.54, 1.807) is 13.0 Å². The molecule has 0 spiro atoms. The maximum absolute atomic E-state index is 12.8. The van der Waals surface area contributed by atoms with E-state index in [4.69, 9.17) is 10.00 Å². The van der Waals surface area contributed by atoms with Crippen LogP contribution in [0.15, 0.2) is 18.2 Å². The number of nitrogens with one attached hydrogen (secondary N) is 1. The Morgan fingerprint density at radius 2 is 2.15 bits per heavy atom. The Kier molecular flexibility index (Phi) is 5.38. The molecule has 20 heavy (non-hydrogen) atoms. The number of benzene rings is 1. The lowest BCUT2D eigenvalue weighted by Gasteiger charge is -2.14. The summed E-state index contributed by atoms with van der Waals surface area (Å²) >= 11 is 0. The standard InChI is InChI=1S/C13H13F3N2O2/c1-2-18-12(19)5-6-20-11-4-3-9(8-17)7-10(11)13(14,15)16/h3-4,7H,2,5-6H2,1H3,(H,18,19). The van der Waals surface area contributed by atoms with Gasteiger partial charge in [-0.05, 0) is 25.1 Å². The highest BCUT2D eigenvalue weighted by Crippen LogP contribution is 2.36. The topological polar surface area (TPSA) is 62.1 Å². The van der Waals surface area contributed by atoms with Gasteiger partial charge in [-0.2, -0.15) is 18.4 Å². The molecule has 0 aliphatic rings. The molecule has 0 saturated carbocycles. The lowest BCUT2D eigenvalue weighted by molar-refractivity contribution is -0.139. The van der Waals surface area contributed by atoms with Crippen molar-refractivity contribution in [1.29, 1.82) is 5.26 Å². The van der Waals surface area contributed by atoms with Crippen molar-refractivity contribution in [3.63, 3.8) is 0 Å². The summed E-state index contributed by atoms with van der Waals surface area (Å²) in [6, 6.07) is 4.68. The van der Waals surface area contributed by atoms with Crippen molar-refractivity contribution in [2.24, 2.45) is 0 Å². The molecule has 0 atom stereocenters. The molecule has 1 rings (SSSR count). The molecule has 0 aromatic heterocycles. The predicted molar refractivity (Wildman–Crippen MR) is 65.0 cm³/mol. The minimum absolute atomic E-state index is 0.0366. The molecule has 1 aromatic rings. The van der Waals surface area contributed by atoms with Gasteiger partial charge in [0, 0.05) is 6.54 Å². The minimum atomic E-state index is -4.62. The van der Waals surface area contributed by atoms with Gasteiger partial charge in [0.2, 0.25) is 5.91 Å². The predicted octanol–water partition coefficient (Wildman–Crippen LogP) is 2.48. The zero-order chi connectivity index (χ0) is 15.2. The zero-order valence-electron chi connectivity index (χ0n) is 10.8. The Morgan fingerprint density at radius 3 is 2.70 bits per heavy atom. The van der Waals surface area contributed by atoms with Gasteiger partial charge in [0.1, 0.15) is 5.75 Å². The largest absolute Gasteiger partial charge is 0.492 e. The summed E-state index contributed by atoms with van der Waals surface area (Å²) < 4.78 is 43.4. The van der Waals surface area contributed by atoms with Crippen LogP contribution in [0.5, 0.6) is 5.75 Å². The van der Waals surface area contributed by atoms with Gasteiger partial charge in [0.15, 0.2) is 0 Å². The van der Waals surface area contributed by atoms with Crippen LogP contribution in [0.1, 0.15) is 24.5 Å². The fourth-order valence-electron chi connectivity index (χ4n) is 1.49. The van der Waals surface area contributed by atoms with E-state index in [9.17, 15) is 18.0 Å². The van der Waals surface area contributed by atoms with Crippen LogP contribution in [0.25, 0.3) is 0 Å².